The largest absolute Gasteiger partial charge is 0.358 e. The molecule has 0 aromatic carbocycles. The first-order chi connectivity index (χ1) is 6.77. The van der Waals surface area contributed by atoms with Crippen molar-refractivity contribution in [2.24, 2.45) is 0 Å². The number of nitrogens with zero attached hydrogens (tertiary/aromatic N) is 1. The van der Waals surface area contributed by atoms with Crippen LogP contribution in [0.4, 0.5) is 5.69 Å². The summed E-state index contributed by atoms with van der Waals surface area (Å²) in [7, 11) is 0. The summed E-state index contributed by atoms with van der Waals surface area (Å²) in [4.78, 5) is 13.0. The molecule has 1 aliphatic rings. The molecule has 1 atom stereocenters. The van der Waals surface area contributed by atoms with Crippen molar-refractivity contribution >= 4 is 5.69 Å². The van der Waals surface area contributed by atoms with Crippen LogP contribution < -0.4 is 5.32 Å². The van der Waals surface area contributed by atoms with Gasteiger partial charge >= 0.3 is 0 Å². The summed E-state index contributed by atoms with van der Waals surface area (Å²) < 4.78 is 0. The van der Waals surface area contributed by atoms with Crippen LogP contribution in [0.3, 0.4) is 0 Å². The second-order valence-electron chi connectivity index (χ2n) is 3.57. The van der Waals surface area contributed by atoms with Gasteiger partial charge in [-0.1, -0.05) is 6.42 Å². The average molecular weight is 195 g/mol. The molecule has 5 nitrogen and oxygen atoms in total. The molecule has 2 heterocycles. The maximum absolute atomic E-state index is 10.5. The number of aromatic amines is 1. The van der Waals surface area contributed by atoms with E-state index in [0.29, 0.717) is 0 Å². The number of H-pyrrole nitrogens is 1. The van der Waals surface area contributed by atoms with Crippen molar-refractivity contribution in [2.45, 2.75) is 25.3 Å². The summed E-state index contributed by atoms with van der Waals surface area (Å²) in [5.74, 6) is 0. The highest BCUT2D eigenvalue weighted by atomic mass is 16.6. The molecule has 0 spiro atoms. The second-order valence-corrected chi connectivity index (χ2v) is 3.57. The van der Waals surface area contributed by atoms with Gasteiger partial charge in [0.25, 0.3) is 5.69 Å². The van der Waals surface area contributed by atoms with Crippen LogP contribution in [0.15, 0.2) is 12.3 Å². The molecule has 14 heavy (non-hydrogen) atoms. The van der Waals surface area contributed by atoms with E-state index in [2.05, 4.69) is 10.3 Å². The van der Waals surface area contributed by atoms with Gasteiger partial charge in [-0.25, -0.2) is 0 Å². The Labute approximate surface area is 81.7 Å². The van der Waals surface area contributed by atoms with Crippen LogP contribution >= 0.6 is 0 Å². The van der Waals surface area contributed by atoms with Crippen molar-refractivity contribution in [3.05, 3.63) is 28.1 Å². The highest BCUT2D eigenvalue weighted by Gasteiger charge is 2.18. The summed E-state index contributed by atoms with van der Waals surface area (Å²) in [6, 6.07) is 1.88. The smallest absolute Gasteiger partial charge is 0.287 e. The van der Waals surface area contributed by atoms with Gasteiger partial charge in [-0.2, -0.15) is 0 Å². The normalized spacial score (nSPS) is 22.1. The molecule has 0 amide bonds. The molecule has 76 valence electrons. The molecular formula is C9H13N3O2. The van der Waals surface area contributed by atoms with Gasteiger partial charge in [0.05, 0.1) is 11.1 Å². The Morgan fingerprint density at radius 2 is 2.36 bits per heavy atom. The van der Waals surface area contributed by atoms with Crippen LogP contribution in [-0.2, 0) is 0 Å². The molecule has 1 aliphatic heterocycles. The molecule has 0 radical (unpaired) electrons. The summed E-state index contributed by atoms with van der Waals surface area (Å²) in [5, 5.41) is 13.8. The van der Waals surface area contributed by atoms with Crippen molar-refractivity contribution in [1.29, 1.82) is 0 Å². The fourth-order valence-corrected chi connectivity index (χ4v) is 1.82. The van der Waals surface area contributed by atoms with Gasteiger partial charge in [0.15, 0.2) is 0 Å². The second kappa shape index (κ2) is 3.79. The Balaban J connectivity index is 2.11. The lowest BCUT2D eigenvalue weighted by atomic mass is 10.0. The van der Waals surface area contributed by atoms with Crippen LogP contribution in [0.5, 0.6) is 0 Å². The SMILES string of the molecule is O=[N+]([O-])c1c[nH]c([C@H]2CCCCN2)c1. The van der Waals surface area contributed by atoms with Gasteiger partial charge in [0.2, 0.25) is 0 Å². The minimum absolute atomic E-state index is 0.146. The third-order valence-corrected chi connectivity index (χ3v) is 2.59. The number of nitro groups is 1. The van der Waals surface area contributed by atoms with E-state index in [9.17, 15) is 10.1 Å². The highest BCUT2D eigenvalue weighted by Crippen LogP contribution is 2.24. The lowest BCUT2D eigenvalue weighted by Crippen LogP contribution is -2.26. The third-order valence-electron chi connectivity index (χ3n) is 2.59. The molecule has 0 unspecified atom stereocenters. The minimum atomic E-state index is -0.372. The number of nitrogens with one attached hydrogen (secondary N) is 2. The van der Waals surface area contributed by atoms with E-state index in [1.807, 2.05) is 0 Å². The number of hydrogen-bond acceptors (Lipinski definition) is 3. The first-order valence-electron chi connectivity index (χ1n) is 4.83. The molecule has 2 N–H and O–H groups in total. The van der Waals surface area contributed by atoms with Gasteiger partial charge in [-0.05, 0) is 19.4 Å². The first kappa shape index (κ1) is 9.21. The van der Waals surface area contributed by atoms with Gasteiger partial charge in [0.1, 0.15) is 0 Å². The van der Waals surface area contributed by atoms with E-state index >= 15 is 0 Å². The molecule has 1 saturated heterocycles. The van der Waals surface area contributed by atoms with E-state index in [4.69, 9.17) is 0 Å². The third kappa shape index (κ3) is 1.77. The quantitative estimate of drug-likeness (QED) is 0.557. The van der Waals surface area contributed by atoms with Gasteiger partial charge in [-0.3, -0.25) is 10.1 Å². The van der Waals surface area contributed by atoms with Crippen LogP contribution in [-0.4, -0.2) is 16.5 Å². The van der Waals surface area contributed by atoms with Crippen LogP contribution in [0.2, 0.25) is 0 Å². The van der Waals surface area contributed by atoms with Gasteiger partial charge < -0.3 is 10.3 Å². The fourth-order valence-electron chi connectivity index (χ4n) is 1.82. The molecule has 1 aromatic rings. The molecular weight excluding hydrogens is 182 g/mol. The number of hydrogen-bond donors (Lipinski definition) is 2. The monoisotopic (exact) mass is 195 g/mol. The van der Waals surface area contributed by atoms with Crippen LogP contribution in [0.25, 0.3) is 0 Å². The summed E-state index contributed by atoms with van der Waals surface area (Å²) in [5.41, 5.74) is 1.07. The number of aromatic nitrogens is 1. The van der Waals surface area contributed by atoms with E-state index in [1.165, 1.54) is 19.0 Å². The zero-order valence-electron chi connectivity index (χ0n) is 7.82. The Hall–Kier alpha value is -1.36. The minimum Gasteiger partial charge on any atom is -0.358 e. The Bertz CT molecular complexity index is 329. The summed E-state index contributed by atoms with van der Waals surface area (Å²) in [6.07, 6.45) is 4.88. The Morgan fingerprint density at radius 3 is 2.93 bits per heavy atom. The lowest BCUT2D eigenvalue weighted by Gasteiger charge is -2.21. The molecule has 0 aliphatic carbocycles. The average Bonchev–Trinajstić information content (AvgIpc) is 2.68. The number of rotatable bonds is 2. The van der Waals surface area contributed by atoms with Gasteiger partial charge in [0, 0.05) is 17.8 Å². The molecule has 0 saturated carbocycles. The Kier molecular flexibility index (Phi) is 2.49. The highest BCUT2D eigenvalue weighted by molar-refractivity contribution is 5.31. The van der Waals surface area contributed by atoms with E-state index in [0.717, 1.165) is 18.7 Å². The van der Waals surface area contributed by atoms with Crippen molar-refractivity contribution in [3.63, 3.8) is 0 Å². The predicted octanol–water partition coefficient (Wildman–Crippen LogP) is 1.74. The van der Waals surface area contributed by atoms with Crippen molar-refractivity contribution in [3.8, 4) is 0 Å². The zero-order valence-corrected chi connectivity index (χ0v) is 7.82. The first-order valence-corrected chi connectivity index (χ1v) is 4.83. The van der Waals surface area contributed by atoms with E-state index in [-0.39, 0.29) is 16.7 Å². The topological polar surface area (TPSA) is 71.0 Å². The molecule has 0 bridgehead atoms. The van der Waals surface area contributed by atoms with E-state index < -0.39 is 0 Å². The zero-order chi connectivity index (χ0) is 9.97. The molecule has 2 rings (SSSR count). The molecule has 5 heteroatoms. The molecule has 1 aromatic heterocycles. The fraction of sp³-hybridized carbons (Fsp3) is 0.556. The van der Waals surface area contributed by atoms with Crippen molar-refractivity contribution < 1.29 is 4.92 Å². The Morgan fingerprint density at radius 1 is 1.50 bits per heavy atom. The van der Waals surface area contributed by atoms with E-state index in [1.54, 1.807) is 6.07 Å². The molecule has 1 fully saturated rings. The van der Waals surface area contributed by atoms with Crippen LogP contribution in [0.1, 0.15) is 31.0 Å². The number of piperidine rings is 1. The maximum Gasteiger partial charge on any atom is 0.287 e. The predicted molar refractivity (Wildman–Crippen MR) is 52.0 cm³/mol. The lowest BCUT2D eigenvalue weighted by molar-refractivity contribution is -0.384. The van der Waals surface area contributed by atoms with Crippen molar-refractivity contribution in [1.82, 2.24) is 10.3 Å². The van der Waals surface area contributed by atoms with Gasteiger partial charge in [-0.15, -0.1) is 0 Å². The van der Waals surface area contributed by atoms with Crippen molar-refractivity contribution in [2.75, 3.05) is 6.54 Å². The summed E-state index contributed by atoms with van der Waals surface area (Å²) in [6.45, 7) is 0.998. The summed E-state index contributed by atoms with van der Waals surface area (Å²) >= 11 is 0. The maximum atomic E-state index is 10.5. The van der Waals surface area contributed by atoms with Crippen LogP contribution in [0, 0.1) is 10.1 Å². The standard InChI is InChI=1S/C9H13N3O2/c13-12(14)7-5-9(11-6-7)8-3-1-2-4-10-8/h5-6,8,10-11H,1-4H2/t8-/m1/s1.